The average Bonchev–Trinajstić information content (AvgIpc) is 2.20. The summed E-state index contributed by atoms with van der Waals surface area (Å²) in [5.41, 5.74) is 0. The van der Waals surface area contributed by atoms with E-state index in [1.165, 1.54) is 44.9 Å². The van der Waals surface area contributed by atoms with Crippen LogP contribution < -0.4 is 10.6 Å². The predicted molar refractivity (Wildman–Crippen MR) is 63.7 cm³/mol. The van der Waals surface area contributed by atoms with Crippen molar-refractivity contribution < 1.29 is 0 Å². The van der Waals surface area contributed by atoms with E-state index in [2.05, 4.69) is 33.1 Å². The van der Waals surface area contributed by atoms with Gasteiger partial charge in [0.05, 0.1) is 0 Å². The predicted octanol–water partition coefficient (Wildman–Crippen LogP) is 1.55. The van der Waals surface area contributed by atoms with Gasteiger partial charge in [0.2, 0.25) is 0 Å². The fraction of sp³-hybridized carbons (Fsp3) is 0.909. The van der Waals surface area contributed by atoms with Crippen molar-refractivity contribution in [3.05, 3.63) is 0 Å². The Labute approximate surface area is 95.6 Å². The van der Waals surface area contributed by atoms with Crippen LogP contribution in [0.3, 0.4) is 0 Å². The van der Waals surface area contributed by atoms with Crippen LogP contribution >= 0.6 is 0 Å². The molecule has 0 saturated heterocycles. The van der Waals surface area contributed by atoms with Crippen LogP contribution in [0.25, 0.3) is 0 Å². The molecule has 0 amide bonds. The van der Waals surface area contributed by atoms with Crippen LogP contribution in [0.15, 0.2) is 0 Å². The van der Waals surface area contributed by atoms with E-state index in [-0.39, 0.29) is 0 Å². The average molecular weight is 261 g/mol. The normalized spacial score (nSPS) is 17.8. The molecule has 2 nitrogen and oxygen atoms in total. The van der Waals surface area contributed by atoms with Crippen molar-refractivity contribution in [2.75, 3.05) is 6.54 Å². The molecule has 1 saturated carbocycles. The summed E-state index contributed by atoms with van der Waals surface area (Å²) in [6, 6.07) is 0.703. The summed E-state index contributed by atoms with van der Waals surface area (Å²) in [5.74, 6) is 0. The summed E-state index contributed by atoms with van der Waals surface area (Å²) < 4.78 is 1.14. The molecule has 1 aliphatic carbocycles. The monoisotopic (exact) mass is 262 g/mol. The summed E-state index contributed by atoms with van der Waals surface area (Å²) in [6.07, 6.45) is 9.37. The van der Waals surface area contributed by atoms with E-state index in [9.17, 15) is 0 Å². The first-order valence-electron chi connectivity index (χ1n) is 5.87. The van der Waals surface area contributed by atoms with Gasteiger partial charge in [-0.15, -0.1) is 0 Å². The van der Waals surface area contributed by atoms with Crippen LogP contribution in [-0.4, -0.2) is 32.8 Å². The van der Waals surface area contributed by atoms with Gasteiger partial charge in [0.1, 0.15) is 0 Å². The van der Waals surface area contributed by atoms with Crippen molar-refractivity contribution in [3.63, 3.8) is 0 Å². The quantitative estimate of drug-likeness (QED) is 0.560. The minimum absolute atomic E-state index is 0.703. The van der Waals surface area contributed by atoms with E-state index in [1.54, 1.807) is 0 Å². The molecule has 3 heteroatoms. The molecule has 14 heavy (non-hydrogen) atoms. The summed E-state index contributed by atoms with van der Waals surface area (Å²) in [6.45, 7) is 3.30. The van der Waals surface area contributed by atoms with E-state index in [0.29, 0.717) is 6.04 Å². The fourth-order valence-electron chi connectivity index (χ4n) is 1.86. The van der Waals surface area contributed by atoms with E-state index in [1.807, 2.05) is 0 Å². The van der Waals surface area contributed by atoms with Gasteiger partial charge in [-0.3, -0.25) is 0 Å². The third-order valence-corrected chi connectivity index (χ3v) is 3.31. The zero-order valence-electron chi connectivity index (χ0n) is 9.14. The number of unbranched alkanes of at least 4 members (excludes halogenated alkanes) is 1. The Hall–Kier alpha value is -0.0105. The van der Waals surface area contributed by atoms with Crippen molar-refractivity contribution in [1.29, 1.82) is 0 Å². The molecule has 0 spiro atoms. The summed E-state index contributed by atoms with van der Waals surface area (Å²) in [5, 5.41) is 6.91. The SMILES string of the molecule is CCCCNC(=[Se])NC1CCCCC1. The standard InChI is InChI=1S/C11H22N2Se/c1-2-3-9-12-11(14)13-10-7-5-4-6-8-10/h10H,2-9H2,1H3,(H2,12,13,14). The molecule has 0 aromatic carbocycles. The van der Waals surface area contributed by atoms with Gasteiger partial charge in [0.15, 0.2) is 0 Å². The molecule has 0 bridgehead atoms. The molecule has 82 valence electrons. The Balaban J connectivity index is 2.06. The molecule has 0 atom stereocenters. The second kappa shape index (κ2) is 7.30. The number of hydrogen-bond donors (Lipinski definition) is 2. The van der Waals surface area contributed by atoms with Crippen molar-refractivity contribution in [2.24, 2.45) is 0 Å². The molecule has 0 aromatic rings. The maximum absolute atomic E-state index is 3.53. The van der Waals surface area contributed by atoms with Crippen molar-refractivity contribution in [3.8, 4) is 0 Å². The third kappa shape index (κ3) is 5.02. The second-order valence-electron chi connectivity index (χ2n) is 4.09. The Kier molecular flexibility index (Phi) is 6.29. The van der Waals surface area contributed by atoms with Gasteiger partial charge in [-0.1, -0.05) is 0 Å². The minimum atomic E-state index is 0.703. The zero-order chi connectivity index (χ0) is 10.2. The van der Waals surface area contributed by atoms with Gasteiger partial charge in [-0.25, -0.2) is 0 Å². The van der Waals surface area contributed by atoms with Crippen molar-refractivity contribution >= 4 is 20.2 Å². The van der Waals surface area contributed by atoms with E-state index >= 15 is 0 Å². The topological polar surface area (TPSA) is 24.1 Å². The molecular formula is C11H22N2Se. The van der Waals surface area contributed by atoms with Crippen LogP contribution in [0.2, 0.25) is 0 Å². The van der Waals surface area contributed by atoms with Gasteiger partial charge in [0, 0.05) is 0 Å². The Morgan fingerprint density at radius 1 is 1.29 bits per heavy atom. The Morgan fingerprint density at radius 2 is 2.00 bits per heavy atom. The molecule has 0 heterocycles. The van der Waals surface area contributed by atoms with Crippen molar-refractivity contribution in [1.82, 2.24) is 10.6 Å². The van der Waals surface area contributed by atoms with Gasteiger partial charge < -0.3 is 0 Å². The van der Waals surface area contributed by atoms with E-state index in [4.69, 9.17) is 0 Å². The van der Waals surface area contributed by atoms with E-state index in [0.717, 1.165) is 11.2 Å². The first-order valence-corrected chi connectivity index (χ1v) is 6.73. The Morgan fingerprint density at radius 3 is 2.64 bits per heavy atom. The molecule has 0 aliphatic heterocycles. The van der Waals surface area contributed by atoms with Crippen LogP contribution in [-0.2, 0) is 0 Å². The number of nitrogens with one attached hydrogen (secondary N) is 2. The third-order valence-electron chi connectivity index (χ3n) is 2.76. The second-order valence-corrected chi connectivity index (χ2v) is 4.95. The molecule has 1 fully saturated rings. The van der Waals surface area contributed by atoms with Gasteiger partial charge >= 0.3 is 95.3 Å². The van der Waals surface area contributed by atoms with Gasteiger partial charge in [-0.2, -0.15) is 0 Å². The molecule has 0 radical (unpaired) electrons. The van der Waals surface area contributed by atoms with E-state index < -0.39 is 0 Å². The van der Waals surface area contributed by atoms with Gasteiger partial charge in [0.25, 0.3) is 0 Å². The first-order chi connectivity index (χ1) is 6.83. The molecule has 1 rings (SSSR count). The molecular weight excluding hydrogens is 239 g/mol. The van der Waals surface area contributed by atoms with Crippen LogP contribution in [0.5, 0.6) is 0 Å². The van der Waals surface area contributed by atoms with Crippen LogP contribution in [0.1, 0.15) is 51.9 Å². The van der Waals surface area contributed by atoms with Crippen LogP contribution in [0, 0.1) is 0 Å². The summed E-state index contributed by atoms with van der Waals surface area (Å²) >= 11 is 3.08. The summed E-state index contributed by atoms with van der Waals surface area (Å²) in [4.78, 5) is 0. The summed E-state index contributed by atoms with van der Waals surface area (Å²) in [7, 11) is 0. The van der Waals surface area contributed by atoms with Gasteiger partial charge in [-0.05, 0) is 0 Å². The zero-order valence-corrected chi connectivity index (χ0v) is 10.9. The first kappa shape index (κ1) is 12.1. The maximum atomic E-state index is 3.53. The Bertz CT molecular complexity index is 165. The number of rotatable bonds is 6. The number of hydrogen-bond acceptors (Lipinski definition) is 2. The molecule has 0 unspecified atom stereocenters. The molecule has 2 N–H and O–H groups in total. The molecule has 1 aliphatic rings. The molecule has 0 aromatic heterocycles. The fourth-order valence-corrected chi connectivity index (χ4v) is 2.43. The van der Waals surface area contributed by atoms with Crippen molar-refractivity contribution in [2.45, 2.75) is 57.9 Å². The van der Waals surface area contributed by atoms with Crippen LogP contribution in [0.4, 0.5) is 0 Å².